The van der Waals surface area contributed by atoms with Gasteiger partial charge in [-0.1, -0.05) is 6.07 Å². The number of anilines is 2. The Balaban J connectivity index is 1.17. The highest BCUT2D eigenvalue weighted by Crippen LogP contribution is 2.36. The maximum atomic E-state index is 13.3. The van der Waals surface area contributed by atoms with Crippen molar-refractivity contribution in [2.75, 3.05) is 42.4 Å². The van der Waals surface area contributed by atoms with E-state index >= 15 is 0 Å². The fourth-order valence-corrected chi connectivity index (χ4v) is 6.10. The highest BCUT2D eigenvalue weighted by atomic mass is 32.2. The first-order chi connectivity index (χ1) is 19.0. The predicted molar refractivity (Wildman–Crippen MR) is 143 cm³/mol. The number of para-hydroxylation sites is 1. The number of aromatic nitrogens is 3. The van der Waals surface area contributed by atoms with Gasteiger partial charge in [-0.2, -0.15) is 17.5 Å². The van der Waals surface area contributed by atoms with E-state index in [1.807, 2.05) is 4.90 Å². The Labute approximate surface area is 231 Å². The number of amides is 1. The van der Waals surface area contributed by atoms with Crippen LogP contribution in [0, 0.1) is 6.92 Å². The number of alkyl halides is 3. The number of nitrogens with one attached hydrogen (secondary N) is 1. The van der Waals surface area contributed by atoms with E-state index in [2.05, 4.69) is 19.1 Å². The summed E-state index contributed by atoms with van der Waals surface area (Å²) in [6.07, 6.45) is -3.34. The van der Waals surface area contributed by atoms with E-state index < -0.39 is 21.8 Å². The molecule has 10 nitrogen and oxygen atoms in total. The molecule has 15 heteroatoms. The fourth-order valence-electron chi connectivity index (χ4n) is 4.30. The van der Waals surface area contributed by atoms with Crippen LogP contribution in [0.4, 0.5) is 24.0 Å². The molecule has 1 fully saturated rings. The smallest absolute Gasteiger partial charge is 0.418 e. The van der Waals surface area contributed by atoms with Crippen LogP contribution in [-0.2, 0) is 21.0 Å². The molecule has 5 rings (SSSR count). The highest BCUT2D eigenvalue weighted by Gasteiger charge is 2.33. The number of carbonyl (C=O) groups is 1. The Morgan fingerprint density at radius 3 is 2.45 bits per heavy atom. The van der Waals surface area contributed by atoms with Gasteiger partial charge in [0.2, 0.25) is 5.13 Å². The van der Waals surface area contributed by atoms with Crippen LogP contribution in [0.5, 0.6) is 5.75 Å². The van der Waals surface area contributed by atoms with Crippen molar-refractivity contribution in [3.05, 3.63) is 66.1 Å². The zero-order valence-corrected chi connectivity index (χ0v) is 22.7. The molecule has 1 saturated heterocycles. The zero-order chi connectivity index (χ0) is 28.5. The molecule has 0 atom stereocenters. The van der Waals surface area contributed by atoms with E-state index in [1.54, 1.807) is 24.0 Å². The van der Waals surface area contributed by atoms with Crippen molar-refractivity contribution in [2.24, 2.45) is 0 Å². The number of halogens is 3. The van der Waals surface area contributed by atoms with Crippen molar-refractivity contribution < 1.29 is 31.1 Å². The number of sulfonamides is 1. The quantitative estimate of drug-likeness (QED) is 0.343. The number of ether oxygens (including phenoxy) is 1. The SMILES string of the molecule is Cc1nsc(NS(=O)(=O)c2ccc(N3CCN(C(=O)COc4ccnc5c(C(F)(F)F)cccc45)CC3)cc2)n1. The maximum Gasteiger partial charge on any atom is 0.418 e. The van der Waals surface area contributed by atoms with Crippen LogP contribution in [0.15, 0.2) is 59.6 Å². The van der Waals surface area contributed by atoms with Crippen LogP contribution in [0.1, 0.15) is 11.4 Å². The summed E-state index contributed by atoms with van der Waals surface area (Å²) in [5.41, 5.74) is -0.303. The van der Waals surface area contributed by atoms with Crippen molar-refractivity contribution in [3.8, 4) is 5.75 Å². The number of aryl methyl sites for hydroxylation is 1. The molecule has 4 aromatic rings. The summed E-state index contributed by atoms with van der Waals surface area (Å²) in [7, 11) is -3.81. The minimum Gasteiger partial charge on any atom is -0.483 e. The molecule has 1 amide bonds. The van der Waals surface area contributed by atoms with Crippen LogP contribution in [-0.4, -0.2) is 66.4 Å². The van der Waals surface area contributed by atoms with E-state index in [9.17, 15) is 26.4 Å². The normalized spacial score (nSPS) is 14.4. The van der Waals surface area contributed by atoms with Gasteiger partial charge >= 0.3 is 6.18 Å². The molecule has 1 aliphatic rings. The molecule has 0 radical (unpaired) electrons. The minimum absolute atomic E-state index is 0.0843. The third-order valence-corrected chi connectivity index (χ3v) is 8.49. The lowest BCUT2D eigenvalue weighted by Gasteiger charge is -2.36. The third-order valence-electron chi connectivity index (χ3n) is 6.28. The van der Waals surface area contributed by atoms with Gasteiger partial charge in [-0.25, -0.2) is 13.4 Å². The molecule has 1 aliphatic heterocycles. The van der Waals surface area contributed by atoms with Gasteiger partial charge in [-0.15, -0.1) is 0 Å². The summed E-state index contributed by atoms with van der Waals surface area (Å²) in [6, 6.07) is 11.5. The van der Waals surface area contributed by atoms with Gasteiger partial charge in [-0.05, 0) is 49.4 Å². The van der Waals surface area contributed by atoms with E-state index in [4.69, 9.17) is 4.74 Å². The third kappa shape index (κ3) is 5.94. The first-order valence-corrected chi connectivity index (χ1v) is 14.3. The first kappa shape index (κ1) is 27.6. The monoisotopic (exact) mass is 592 g/mol. The molecule has 210 valence electrons. The second kappa shape index (κ2) is 10.9. The molecular formula is C25H23F3N6O4S2. The molecule has 0 unspecified atom stereocenters. The molecule has 0 saturated carbocycles. The number of benzene rings is 2. The number of hydrogen-bond acceptors (Lipinski definition) is 9. The van der Waals surface area contributed by atoms with E-state index in [-0.39, 0.29) is 39.2 Å². The first-order valence-electron chi connectivity index (χ1n) is 12.0. The lowest BCUT2D eigenvalue weighted by molar-refractivity contribution is -0.136. The average molecular weight is 593 g/mol. The van der Waals surface area contributed by atoms with Crippen molar-refractivity contribution >= 4 is 49.2 Å². The van der Waals surface area contributed by atoms with Gasteiger partial charge in [0, 0.05) is 55.0 Å². The number of rotatable bonds is 7. The number of pyridine rings is 1. The predicted octanol–water partition coefficient (Wildman–Crippen LogP) is 3.94. The lowest BCUT2D eigenvalue weighted by atomic mass is 10.1. The largest absolute Gasteiger partial charge is 0.483 e. The molecule has 40 heavy (non-hydrogen) atoms. The van der Waals surface area contributed by atoms with Gasteiger partial charge < -0.3 is 14.5 Å². The lowest BCUT2D eigenvalue weighted by Crippen LogP contribution is -2.50. The van der Waals surface area contributed by atoms with Gasteiger partial charge in [-0.3, -0.25) is 14.5 Å². The van der Waals surface area contributed by atoms with Crippen LogP contribution in [0.2, 0.25) is 0 Å². The summed E-state index contributed by atoms with van der Waals surface area (Å²) >= 11 is 0.959. The van der Waals surface area contributed by atoms with E-state index in [0.717, 1.165) is 23.3 Å². The summed E-state index contributed by atoms with van der Waals surface area (Å²) < 4.78 is 77.2. The van der Waals surface area contributed by atoms with Crippen molar-refractivity contribution in [1.82, 2.24) is 19.2 Å². The fraction of sp³-hybridized carbons (Fsp3) is 0.280. The second-order valence-electron chi connectivity index (χ2n) is 8.91. The van der Waals surface area contributed by atoms with Gasteiger partial charge in [0.15, 0.2) is 6.61 Å². The molecule has 2 aromatic heterocycles. The number of piperazine rings is 1. The van der Waals surface area contributed by atoms with E-state index in [0.29, 0.717) is 32.0 Å². The van der Waals surface area contributed by atoms with Gasteiger partial charge in [0.1, 0.15) is 11.6 Å². The van der Waals surface area contributed by atoms with Crippen molar-refractivity contribution in [1.29, 1.82) is 0 Å². The second-order valence-corrected chi connectivity index (χ2v) is 11.3. The molecule has 1 N–H and O–H groups in total. The molecule has 2 aromatic carbocycles. The minimum atomic E-state index is -4.56. The zero-order valence-electron chi connectivity index (χ0n) is 21.1. The molecule has 0 bridgehead atoms. The Morgan fingerprint density at radius 2 is 1.80 bits per heavy atom. The van der Waals surface area contributed by atoms with Crippen LogP contribution in [0.3, 0.4) is 0 Å². The summed E-state index contributed by atoms with van der Waals surface area (Å²) in [4.78, 5) is 24.4. The molecular weight excluding hydrogens is 569 g/mol. The number of carbonyl (C=O) groups excluding carboxylic acids is 1. The summed E-state index contributed by atoms with van der Waals surface area (Å²) in [6.45, 7) is 3.15. The molecule has 3 heterocycles. The van der Waals surface area contributed by atoms with Crippen LogP contribution in [0.25, 0.3) is 10.9 Å². The number of fused-ring (bicyclic) bond motifs is 1. The van der Waals surface area contributed by atoms with Crippen LogP contribution >= 0.6 is 11.5 Å². The maximum absolute atomic E-state index is 13.3. The molecule has 0 spiro atoms. The summed E-state index contributed by atoms with van der Waals surface area (Å²) in [5, 5.41) is 0.364. The van der Waals surface area contributed by atoms with Crippen LogP contribution < -0.4 is 14.4 Å². The standard InChI is InChI=1S/C25H23F3N6O4S2/c1-16-30-24(39-31-16)32-40(36,37)18-7-5-17(6-8-18)33-11-13-34(14-12-33)22(35)15-38-21-9-10-29-23-19(21)3-2-4-20(23)25(26,27)28/h2-10H,11-15H2,1H3,(H,30,31,32). The Hall–Kier alpha value is -3.98. The highest BCUT2D eigenvalue weighted by molar-refractivity contribution is 7.93. The number of nitrogens with zero attached hydrogens (tertiary/aromatic N) is 5. The van der Waals surface area contributed by atoms with Crippen molar-refractivity contribution in [2.45, 2.75) is 18.0 Å². The summed E-state index contributed by atoms with van der Waals surface area (Å²) in [5.74, 6) is 0.331. The van der Waals surface area contributed by atoms with E-state index in [1.165, 1.54) is 36.5 Å². The number of hydrogen-bond donors (Lipinski definition) is 1. The average Bonchev–Trinajstić information content (AvgIpc) is 3.34. The topological polar surface area (TPSA) is 118 Å². The Morgan fingerprint density at radius 1 is 1.07 bits per heavy atom. The van der Waals surface area contributed by atoms with Gasteiger partial charge in [0.25, 0.3) is 15.9 Å². The Bertz CT molecular complexity index is 1640. The Kier molecular flexibility index (Phi) is 7.51. The van der Waals surface area contributed by atoms with Gasteiger partial charge in [0.05, 0.1) is 16.0 Å². The molecule has 0 aliphatic carbocycles. The van der Waals surface area contributed by atoms with Crippen molar-refractivity contribution in [3.63, 3.8) is 0 Å².